The molecule has 0 radical (unpaired) electrons. The summed E-state index contributed by atoms with van der Waals surface area (Å²) in [7, 11) is 4.60. The highest BCUT2D eigenvalue weighted by atomic mass is 16.7. The first-order valence-corrected chi connectivity index (χ1v) is 6.95. The number of hydrogen-bond acceptors (Lipinski definition) is 5. The van der Waals surface area contributed by atoms with Gasteiger partial charge in [0, 0.05) is 26.7 Å². The number of benzene rings is 1. The Balaban J connectivity index is 2.13. The van der Waals surface area contributed by atoms with E-state index in [9.17, 15) is 4.79 Å². The number of hydrogen-bond donors (Lipinski definition) is 0. The fourth-order valence-electron chi connectivity index (χ4n) is 2.28. The summed E-state index contributed by atoms with van der Waals surface area (Å²) in [5.74, 6) is 0.335. The van der Waals surface area contributed by atoms with Gasteiger partial charge < -0.3 is 9.47 Å². The van der Waals surface area contributed by atoms with E-state index >= 15 is 0 Å². The number of nitrogens with zero attached hydrogens (tertiary/aromatic N) is 2. The van der Waals surface area contributed by atoms with Crippen molar-refractivity contribution in [3.63, 3.8) is 0 Å². The van der Waals surface area contributed by atoms with Crippen LogP contribution in [0.1, 0.15) is 15.9 Å². The van der Waals surface area contributed by atoms with Crippen LogP contribution in [0, 0.1) is 0 Å². The molecule has 1 saturated heterocycles. The van der Waals surface area contributed by atoms with Gasteiger partial charge >= 0.3 is 0 Å². The lowest BCUT2D eigenvalue weighted by molar-refractivity contribution is -0.0758. The maximum atomic E-state index is 12.2. The summed E-state index contributed by atoms with van der Waals surface area (Å²) in [4.78, 5) is 19.4. The molecule has 0 unspecified atom stereocenters. The van der Waals surface area contributed by atoms with Gasteiger partial charge in [0.2, 0.25) is 0 Å². The number of carbonyl (C=O) groups is 1. The van der Waals surface area contributed by atoms with E-state index in [-0.39, 0.29) is 5.91 Å². The number of hydroxylamine groups is 2. The Bertz CT molecular complexity index is 487. The minimum Gasteiger partial charge on any atom is -0.496 e. The van der Waals surface area contributed by atoms with Crippen molar-refractivity contribution in [2.75, 3.05) is 47.6 Å². The highest BCUT2D eigenvalue weighted by Gasteiger charge is 2.18. The van der Waals surface area contributed by atoms with Crippen molar-refractivity contribution in [1.29, 1.82) is 0 Å². The topological polar surface area (TPSA) is 51.2 Å². The van der Waals surface area contributed by atoms with E-state index in [4.69, 9.17) is 14.3 Å². The third-order valence-electron chi connectivity index (χ3n) is 3.57. The number of methoxy groups -OCH3 is 1. The van der Waals surface area contributed by atoms with Crippen molar-refractivity contribution >= 4 is 5.91 Å². The van der Waals surface area contributed by atoms with Crippen molar-refractivity contribution in [2.24, 2.45) is 0 Å². The maximum absolute atomic E-state index is 12.2. The van der Waals surface area contributed by atoms with Crippen LogP contribution in [0.5, 0.6) is 5.75 Å². The monoisotopic (exact) mass is 294 g/mol. The SMILES string of the molecule is COc1cc(CN2CCOCC2)ccc1C(=O)N(C)OC. The van der Waals surface area contributed by atoms with Crippen molar-refractivity contribution in [2.45, 2.75) is 6.54 Å². The summed E-state index contributed by atoms with van der Waals surface area (Å²) in [6, 6.07) is 5.65. The summed E-state index contributed by atoms with van der Waals surface area (Å²) < 4.78 is 10.7. The minimum atomic E-state index is -0.229. The summed E-state index contributed by atoms with van der Waals surface area (Å²) in [6.45, 7) is 4.22. The summed E-state index contributed by atoms with van der Waals surface area (Å²) in [5.41, 5.74) is 1.61. The van der Waals surface area contributed by atoms with Gasteiger partial charge in [0.1, 0.15) is 5.75 Å². The average Bonchev–Trinajstić information content (AvgIpc) is 2.54. The molecule has 0 aliphatic carbocycles. The van der Waals surface area contributed by atoms with Crippen LogP contribution in [0.3, 0.4) is 0 Å². The normalized spacial score (nSPS) is 15.8. The Kier molecular flexibility index (Phi) is 5.55. The fourth-order valence-corrected chi connectivity index (χ4v) is 2.28. The zero-order chi connectivity index (χ0) is 15.2. The minimum absolute atomic E-state index is 0.229. The zero-order valence-corrected chi connectivity index (χ0v) is 12.8. The van der Waals surface area contributed by atoms with Gasteiger partial charge in [-0.25, -0.2) is 5.06 Å². The van der Waals surface area contributed by atoms with E-state index in [1.54, 1.807) is 20.2 Å². The van der Waals surface area contributed by atoms with Crippen molar-refractivity contribution in [3.8, 4) is 5.75 Å². The second-order valence-electron chi connectivity index (χ2n) is 4.91. The number of morpholine rings is 1. The number of carbonyl (C=O) groups excluding carboxylic acids is 1. The maximum Gasteiger partial charge on any atom is 0.280 e. The molecule has 1 fully saturated rings. The van der Waals surface area contributed by atoms with Crippen molar-refractivity contribution < 1.29 is 19.1 Å². The largest absolute Gasteiger partial charge is 0.496 e. The molecule has 0 N–H and O–H groups in total. The molecule has 116 valence electrons. The predicted octanol–water partition coefficient (Wildman–Crippen LogP) is 1.16. The van der Waals surface area contributed by atoms with Gasteiger partial charge in [0.25, 0.3) is 5.91 Å². The Hall–Kier alpha value is -1.63. The first-order valence-electron chi connectivity index (χ1n) is 6.95. The van der Waals surface area contributed by atoms with Gasteiger partial charge in [-0.15, -0.1) is 0 Å². The molecule has 1 aliphatic heterocycles. The molecule has 21 heavy (non-hydrogen) atoms. The number of ether oxygens (including phenoxy) is 2. The van der Waals surface area contributed by atoms with E-state index in [0.717, 1.165) is 38.4 Å². The Labute approximate surface area is 125 Å². The number of amides is 1. The van der Waals surface area contributed by atoms with E-state index in [1.807, 2.05) is 12.1 Å². The molecule has 1 heterocycles. The molecule has 0 saturated carbocycles. The molecule has 1 aliphatic rings. The predicted molar refractivity (Wildman–Crippen MR) is 78.2 cm³/mol. The van der Waals surface area contributed by atoms with Crippen LogP contribution in [-0.2, 0) is 16.1 Å². The second kappa shape index (κ2) is 7.40. The molecule has 1 aromatic rings. The standard InChI is InChI=1S/C15H22N2O4/c1-16(20-3)15(18)13-5-4-12(10-14(13)19-2)11-17-6-8-21-9-7-17/h4-5,10H,6-9,11H2,1-3H3. The van der Waals surface area contributed by atoms with Gasteiger partial charge in [-0.3, -0.25) is 14.5 Å². The molecular weight excluding hydrogens is 272 g/mol. The first-order chi connectivity index (χ1) is 10.2. The third kappa shape index (κ3) is 3.93. The molecule has 0 aromatic heterocycles. The highest BCUT2D eigenvalue weighted by molar-refractivity contribution is 5.96. The fraction of sp³-hybridized carbons (Fsp3) is 0.533. The summed E-state index contributed by atoms with van der Waals surface area (Å²) in [6.07, 6.45) is 0. The van der Waals surface area contributed by atoms with Gasteiger partial charge in [0.05, 0.1) is 33.0 Å². The van der Waals surface area contributed by atoms with E-state index in [0.29, 0.717) is 11.3 Å². The molecule has 6 heteroatoms. The van der Waals surface area contributed by atoms with Crippen LogP contribution in [0.4, 0.5) is 0 Å². The quantitative estimate of drug-likeness (QED) is 0.763. The molecule has 2 rings (SSSR count). The summed E-state index contributed by atoms with van der Waals surface area (Å²) >= 11 is 0. The molecular formula is C15H22N2O4. The molecule has 0 atom stereocenters. The Morgan fingerprint density at radius 1 is 1.33 bits per heavy atom. The van der Waals surface area contributed by atoms with Crippen LogP contribution in [0.25, 0.3) is 0 Å². The highest BCUT2D eigenvalue weighted by Crippen LogP contribution is 2.22. The van der Waals surface area contributed by atoms with Gasteiger partial charge in [-0.2, -0.15) is 0 Å². The lowest BCUT2D eigenvalue weighted by Crippen LogP contribution is -2.35. The van der Waals surface area contributed by atoms with Crippen molar-refractivity contribution in [3.05, 3.63) is 29.3 Å². The van der Waals surface area contributed by atoms with Crippen LogP contribution in [0.2, 0.25) is 0 Å². The zero-order valence-electron chi connectivity index (χ0n) is 12.8. The van der Waals surface area contributed by atoms with Crippen LogP contribution in [-0.4, -0.2) is 63.4 Å². The molecule has 0 spiro atoms. The van der Waals surface area contributed by atoms with Crippen LogP contribution >= 0.6 is 0 Å². The van der Waals surface area contributed by atoms with E-state index in [1.165, 1.54) is 12.2 Å². The second-order valence-corrected chi connectivity index (χ2v) is 4.91. The van der Waals surface area contributed by atoms with Gasteiger partial charge in [0.15, 0.2) is 0 Å². The van der Waals surface area contributed by atoms with E-state index < -0.39 is 0 Å². The third-order valence-corrected chi connectivity index (χ3v) is 3.57. The Morgan fingerprint density at radius 3 is 2.67 bits per heavy atom. The van der Waals surface area contributed by atoms with Gasteiger partial charge in [-0.1, -0.05) is 6.07 Å². The lowest BCUT2D eigenvalue weighted by Gasteiger charge is -2.26. The molecule has 6 nitrogen and oxygen atoms in total. The average molecular weight is 294 g/mol. The van der Waals surface area contributed by atoms with Gasteiger partial charge in [-0.05, 0) is 17.7 Å². The van der Waals surface area contributed by atoms with E-state index in [2.05, 4.69) is 4.90 Å². The summed E-state index contributed by atoms with van der Waals surface area (Å²) in [5, 5.41) is 1.18. The first kappa shape index (κ1) is 15.8. The van der Waals surface area contributed by atoms with Crippen LogP contribution < -0.4 is 4.74 Å². The Morgan fingerprint density at radius 2 is 2.05 bits per heavy atom. The van der Waals surface area contributed by atoms with Crippen LogP contribution in [0.15, 0.2) is 18.2 Å². The number of rotatable bonds is 5. The molecule has 1 aromatic carbocycles. The van der Waals surface area contributed by atoms with Crippen molar-refractivity contribution in [1.82, 2.24) is 9.96 Å². The lowest BCUT2D eigenvalue weighted by atomic mass is 10.1. The smallest absolute Gasteiger partial charge is 0.280 e. The molecule has 1 amide bonds. The molecule has 0 bridgehead atoms.